The van der Waals surface area contributed by atoms with Crippen LogP contribution >= 0.6 is 11.8 Å². The van der Waals surface area contributed by atoms with E-state index in [9.17, 15) is 4.79 Å². The molecule has 3 N–H and O–H groups in total. The predicted octanol–water partition coefficient (Wildman–Crippen LogP) is 1.35. The zero-order valence-electron chi connectivity index (χ0n) is 10.8. The molecule has 6 nitrogen and oxygen atoms in total. The van der Waals surface area contributed by atoms with E-state index in [0.717, 1.165) is 30.8 Å². The minimum Gasteiger partial charge on any atom is -0.368 e. The van der Waals surface area contributed by atoms with Gasteiger partial charge in [0.1, 0.15) is 0 Å². The summed E-state index contributed by atoms with van der Waals surface area (Å²) in [6, 6.07) is 0.815. The highest BCUT2D eigenvalue weighted by Crippen LogP contribution is 2.39. The average Bonchev–Trinajstić information content (AvgIpc) is 2.96. The first kappa shape index (κ1) is 12.8. The Morgan fingerprint density at radius 2 is 2.05 bits per heavy atom. The lowest BCUT2D eigenvalue weighted by molar-refractivity contribution is -0.119. The zero-order valence-corrected chi connectivity index (χ0v) is 11.7. The first-order valence-corrected chi connectivity index (χ1v) is 7.85. The molecule has 0 atom stereocenters. The summed E-state index contributed by atoms with van der Waals surface area (Å²) in [5, 5.41) is 11.8. The van der Waals surface area contributed by atoms with Crippen molar-refractivity contribution in [2.45, 2.75) is 55.8 Å². The van der Waals surface area contributed by atoms with E-state index in [1.165, 1.54) is 24.6 Å². The molecular weight excluding hydrogens is 262 g/mol. The van der Waals surface area contributed by atoms with Gasteiger partial charge in [0.25, 0.3) is 0 Å². The Bertz CT molecular complexity index is 465. The second-order valence-electron chi connectivity index (χ2n) is 5.28. The maximum absolute atomic E-state index is 11.9. The molecule has 1 aromatic heterocycles. The number of thioether (sulfide) groups is 1. The quantitative estimate of drug-likeness (QED) is 0.796. The number of nitrogen functional groups attached to an aromatic ring is 1. The molecule has 2 aliphatic carbocycles. The van der Waals surface area contributed by atoms with Gasteiger partial charge in [0.05, 0.1) is 5.75 Å². The van der Waals surface area contributed by atoms with E-state index in [-0.39, 0.29) is 5.91 Å². The normalized spacial score (nSPS) is 19.8. The Kier molecular flexibility index (Phi) is 3.63. The Morgan fingerprint density at radius 3 is 2.74 bits per heavy atom. The third-order valence-electron chi connectivity index (χ3n) is 3.66. The molecule has 0 unspecified atom stereocenters. The first-order valence-electron chi connectivity index (χ1n) is 6.86. The van der Waals surface area contributed by atoms with Gasteiger partial charge in [-0.25, -0.2) is 0 Å². The van der Waals surface area contributed by atoms with Crippen molar-refractivity contribution in [3.63, 3.8) is 0 Å². The largest absolute Gasteiger partial charge is 0.368 e. The van der Waals surface area contributed by atoms with Crippen molar-refractivity contribution in [3.8, 4) is 0 Å². The molecule has 3 rings (SSSR count). The standard InChI is InChI=1S/C12H19N5OS/c13-11-15-16-12(17(11)9-5-6-9)19-7-10(18)14-8-3-1-2-4-8/h8-9H,1-7H2,(H2,13,15)(H,14,18). The van der Waals surface area contributed by atoms with Crippen LogP contribution in [0, 0.1) is 0 Å². The molecular formula is C12H19N5OS. The summed E-state index contributed by atoms with van der Waals surface area (Å²) in [5.74, 6) is 0.934. The smallest absolute Gasteiger partial charge is 0.230 e. The van der Waals surface area contributed by atoms with Gasteiger partial charge < -0.3 is 11.1 Å². The summed E-state index contributed by atoms with van der Waals surface area (Å²) in [4.78, 5) is 11.9. The van der Waals surface area contributed by atoms with Crippen molar-refractivity contribution >= 4 is 23.6 Å². The molecule has 0 saturated heterocycles. The first-order chi connectivity index (χ1) is 9.24. The fourth-order valence-corrected chi connectivity index (χ4v) is 3.36. The average molecular weight is 281 g/mol. The maximum atomic E-state index is 11.9. The van der Waals surface area contributed by atoms with Gasteiger partial charge in [-0.05, 0) is 25.7 Å². The lowest BCUT2D eigenvalue weighted by Gasteiger charge is -2.11. The fourth-order valence-electron chi connectivity index (χ4n) is 2.53. The molecule has 2 fully saturated rings. The van der Waals surface area contributed by atoms with Crippen molar-refractivity contribution < 1.29 is 4.79 Å². The number of anilines is 1. The van der Waals surface area contributed by atoms with Gasteiger partial charge in [-0.15, -0.1) is 10.2 Å². The molecule has 0 bridgehead atoms. The van der Waals surface area contributed by atoms with Crippen LogP contribution < -0.4 is 11.1 Å². The van der Waals surface area contributed by atoms with Crippen LogP contribution in [0.25, 0.3) is 0 Å². The van der Waals surface area contributed by atoms with Gasteiger partial charge in [-0.3, -0.25) is 9.36 Å². The molecule has 104 valence electrons. The summed E-state index contributed by atoms with van der Waals surface area (Å²) in [6.07, 6.45) is 6.94. The maximum Gasteiger partial charge on any atom is 0.230 e. The number of amides is 1. The number of nitrogens with zero attached hydrogens (tertiary/aromatic N) is 3. The topological polar surface area (TPSA) is 85.8 Å². The molecule has 19 heavy (non-hydrogen) atoms. The second-order valence-corrected chi connectivity index (χ2v) is 6.22. The second kappa shape index (κ2) is 5.40. The van der Waals surface area contributed by atoms with Gasteiger partial charge >= 0.3 is 0 Å². The molecule has 2 saturated carbocycles. The monoisotopic (exact) mass is 281 g/mol. The minimum atomic E-state index is 0.0841. The Labute approximate surface area is 116 Å². The van der Waals surface area contributed by atoms with Crippen LogP contribution in [0.15, 0.2) is 5.16 Å². The van der Waals surface area contributed by atoms with Gasteiger partial charge in [0.15, 0.2) is 5.16 Å². The number of nitrogens with one attached hydrogen (secondary N) is 1. The van der Waals surface area contributed by atoms with E-state index < -0.39 is 0 Å². The van der Waals surface area contributed by atoms with Crippen LogP contribution in [-0.4, -0.2) is 32.5 Å². The van der Waals surface area contributed by atoms with E-state index in [4.69, 9.17) is 5.73 Å². The van der Waals surface area contributed by atoms with Crippen LogP contribution in [-0.2, 0) is 4.79 Å². The summed E-state index contributed by atoms with van der Waals surface area (Å²) >= 11 is 1.42. The highest BCUT2D eigenvalue weighted by atomic mass is 32.2. The van der Waals surface area contributed by atoms with E-state index in [0.29, 0.717) is 23.8 Å². The number of hydrogen-bond acceptors (Lipinski definition) is 5. The number of rotatable bonds is 5. The molecule has 0 aromatic carbocycles. The minimum absolute atomic E-state index is 0.0841. The van der Waals surface area contributed by atoms with Gasteiger partial charge in [0, 0.05) is 12.1 Å². The van der Waals surface area contributed by atoms with Gasteiger partial charge in [-0.2, -0.15) is 0 Å². The predicted molar refractivity (Wildman–Crippen MR) is 73.8 cm³/mol. The highest BCUT2D eigenvalue weighted by molar-refractivity contribution is 7.99. The van der Waals surface area contributed by atoms with Gasteiger partial charge in [-0.1, -0.05) is 24.6 Å². The molecule has 0 radical (unpaired) electrons. The number of hydrogen-bond donors (Lipinski definition) is 2. The van der Waals surface area contributed by atoms with Crippen molar-refractivity contribution in [3.05, 3.63) is 0 Å². The lowest BCUT2D eigenvalue weighted by Crippen LogP contribution is -2.33. The van der Waals surface area contributed by atoms with Crippen LogP contribution in [0.5, 0.6) is 0 Å². The van der Waals surface area contributed by atoms with E-state index in [1.807, 2.05) is 4.57 Å². The summed E-state index contributed by atoms with van der Waals surface area (Å²) in [6.45, 7) is 0. The number of aromatic nitrogens is 3. The van der Waals surface area contributed by atoms with Crippen molar-refractivity contribution in [1.29, 1.82) is 0 Å². The summed E-state index contributed by atoms with van der Waals surface area (Å²) < 4.78 is 1.95. The van der Waals surface area contributed by atoms with Crippen molar-refractivity contribution in [1.82, 2.24) is 20.1 Å². The summed E-state index contributed by atoms with van der Waals surface area (Å²) in [5.41, 5.74) is 5.80. The van der Waals surface area contributed by atoms with E-state index in [2.05, 4.69) is 15.5 Å². The van der Waals surface area contributed by atoms with Crippen molar-refractivity contribution in [2.75, 3.05) is 11.5 Å². The lowest BCUT2D eigenvalue weighted by atomic mass is 10.2. The number of nitrogens with two attached hydrogens (primary N) is 1. The highest BCUT2D eigenvalue weighted by Gasteiger charge is 2.29. The molecule has 1 aromatic rings. The van der Waals surface area contributed by atoms with E-state index >= 15 is 0 Å². The van der Waals surface area contributed by atoms with Crippen LogP contribution in [0.2, 0.25) is 0 Å². The Balaban J connectivity index is 1.52. The van der Waals surface area contributed by atoms with Crippen LogP contribution in [0.3, 0.4) is 0 Å². The van der Waals surface area contributed by atoms with Crippen LogP contribution in [0.1, 0.15) is 44.6 Å². The molecule has 2 aliphatic rings. The molecule has 1 heterocycles. The van der Waals surface area contributed by atoms with E-state index in [1.54, 1.807) is 0 Å². The third-order valence-corrected chi connectivity index (χ3v) is 4.60. The SMILES string of the molecule is Nc1nnc(SCC(=O)NC2CCCC2)n1C1CC1. The number of carbonyl (C=O) groups excluding carboxylic acids is 1. The third kappa shape index (κ3) is 3.02. The molecule has 0 spiro atoms. The van der Waals surface area contributed by atoms with Crippen LogP contribution in [0.4, 0.5) is 5.95 Å². The molecule has 7 heteroatoms. The zero-order chi connectivity index (χ0) is 13.2. The van der Waals surface area contributed by atoms with Gasteiger partial charge in [0.2, 0.25) is 11.9 Å². The Hall–Kier alpha value is -1.24. The molecule has 0 aliphatic heterocycles. The summed E-state index contributed by atoms with van der Waals surface area (Å²) in [7, 11) is 0. The molecule has 1 amide bonds. The Morgan fingerprint density at radius 1 is 1.32 bits per heavy atom. The van der Waals surface area contributed by atoms with Crippen molar-refractivity contribution in [2.24, 2.45) is 0 Å². The number of carbonyl (C=O) groups is 1. The fraction of sp³-hybridized carbons (Fsp3) is 0.750.